The van der Waals surface area contributed by atoms with Crippen molar-refractivity contribution < 1.29 is 22.4 Å². The number of aryl methyl sites for hydroxylation is 1. The van der Waals surface area contributed by atoms with Gasteiger partial charge in [-0.3, -0.25) is 13.9 Å². The van der Waals surface area contributed by atoms with Crippen molar-refractivity contribution in [3.05, 3.63) is 99.8 Å². The quantitative estimate of drug-likeness (QED) is 0.386. The van der Waals surface area contributed by atoms with E-state index >= 15 is 0 Å². The van der Waals surface area contributed by atoms with Crippen molar-refractivity contribution in [3.8, 4) is 0 Å². The third kappa shape index (κ3) is 7.62. The number of rotatable bonds is 10. The number of nitrogens with zero attached hydrogens (tertiary/aromatic N) is 2. The molecule has 1 N–H and O–H groups in total. The molecule has 0 aromatic heterocycles. The van der Waals surface area contributed by atoms with Gasteiger partial charge in [-0.15, -0.1) is 0 Å². The van der Waals surface area contributed by atoms with Crippen LogP contribution in [0.3, 0.4) is 0 Å². The summed E-state index contributed by atoms with van der Waals surface area (Å²) in [6.45, 7) is 1.29. The SMILES string of the molecule is CNC(=O)C(Cc1ccccc1)N(Cc1ccc(F)cc1)C(=O)CN(c1ccc(Br)c(C)c1)S(C)(=O)=O. The predicted octanol–water partition coefficient (Wildman–Crippen LogP) is 4.05. The maximum atomic E-state index is 13.8. The highest BCUT2D eigenvalue weighted by atomic mass is 79.9. The molecule has 0 aliphatic heterocycles. The highest BCUT2D eigenvalue weighted by Gasteiger charge is 2.32. The molecular weight excluding hydrogens is 561 g/mol. The zero-order valence-electron chi connectivity index (χ0n) is 20.8. The molecule has 0 fully saturated rings. The minimum atomic E-state index is -3.84. The van der Waals surface area contributed by atoms with Gasteiger partial charge in [0.2, 0.25) is 21.8 Å². The van der Waals surface area contributed by atoms with Crippen LogP contribution in [0.2, 0.25) is 0 Å². The fraction of sp³-hybridized carbons (Fsp3) is 0.259. The highest BCUT2D eigenvalue weighted by Crippen LogP contribution is 2.25. The lowest BCUT2D eigenvalue weighted by atomic mass is 10.0. The summed E-state index contributed by atoms with van der Waals surface area (Å²) in [4.78, 5) is 28.2. The Morgan fingerprint density at radius 1 is 1.00 bits per heavy atom. The Morgan fingerprint density at radius 2 is 1.65 bits per heavy atom. The van der Waals surface area contributed by atoms with Crippen LogP contribution in [-0.4, -0.2) is 51.0 Å². The van der Waals surface area contributed by atoms with Gasteiger partial charge in [-0.1, -0.05) is 58.4 Å². The standard InChI is InChI=1S/C27H29BrFN3O4S/c1-19-15-23(13-14-24(19)28)32(37(3,35)36)18-26(33)31(17-21-9-11-22(29)12-10-21)25(27(34)30-2)16-20-7-5-4-6-8-20/h4-15,25H,16-18H2,1-3H3,(H,30,34). The smallest absolute Gasteiger partial charge is 0.244 e. The van der Waals surface area contributed by atoms with E-state index in [0.29, 0.717) is 11.3 Å². The summed E-state index contributed by atoms with van der Waals surface area (Å²) >= 11 is 3.41. The number of carbonyl (C=O) groups is 2. The molecule has 1 unspecified atom stereocenters. The number of carbonyl (C=O) groups excluding carboxylic acids is 2. The molecule has 0 aliphatic carbocycles. The molecule has 0 spiro atoms. The average Bonchev–Trinajstić information content (AvgIpc) is 2.87. The van der Waals surface area contributed by atoms with E-state index in [0.717, 1.165) is 26.2 Å². The van der Waals surface area contributed by atoms with Crippen LogP contribution >= 0.6 is 15.9 Å². The fourth-order valence-corrected chi connectivity index (χ4v) is 4.99. The van der Waals surface area contributed by atoms with E-state index in [1.165, 1.54) is 36.2 Å². The van der Waals surface area contributed by atoms with Crippen molar-refractivity contribution in [2.24, 2.45) is 0 Å². The number of benzene rings is 3. The van der Waals surface area contributed by atoms with Gasteiger partial charge >= 0.3 is 0 Å². The summed E-state index contributed by atoms with van der Waals surface area (Å²) in [5.41, 5.74) is 2.56. The Bertz CT molecular complexity index is 1350. The molecule has 1 atom stereocenters. The van der Waals surface area contributed by atoms with Gasteiger partial charge < -0.3 is 10.2 Å². The summed E-state index contributed by atoms with van der Waals surface area (Å²) in [6, 6.07) is 18.9. The van der Waals surface area contributed by atoms with Crippen molar-refractivity contribution in [2.45, 2.75) is 25.9 Å². The summed E-state index contributed by atoms with van der Waals surface area (Å²) in [5, 5.41) is 2.61. The van der Waals surface area contributed by atoms with Crippen LogP contribution in [0.15, 0.2) is 77.3 Å². The van der Waals surface area contributed by atoms with Gasteiger partial charge in [0.05, 0.1) is 11.9 Å². The van der Waals surface area contributed by atoms with Crippen molar-refractivity contribution in [2.75, 3.05) is 24.2 Å². The molecule has 2 amide bonds. The van der Waals surface area contributed by atoms with E-state index in [2.05, 4.69) is 21.2 Å². The summed E-state index contributed by atoms with van der Waals surface area (Å²) in [6.07, 6.45) is 1.24. The van der Waals surface area contributed by atoms with Gasteiger partial charge in [-0.05, 0) is 53.9 Å². The minimum absolute atomic E-state index is 0.0129. The second-order valence-corrected chi connectivity index (χ2v) is 11.4. The molecule has 0 saturated heterocycles. The van der Waals surface area contributed by atoms with E-state index in [1.54, 1.807) is 18.2 Å². The Labute approximate surface area is 225 Å². The van der Waals surface area contributed by atoms with Crippen molar-refractivity contribution >= 4 is 43.5 Å². The molecule has 3 rings (SSSR count). The number of likely N-dealkylation sites (N-methyl/N-ethyl adjacent to an activating group) is 1. The van der Waals surface area contributed by atoms with Gasteiger partial charge in [0.25, 0.3) is 0 Å². The highest BCUT2D eigenvalue weighted by molar-refractivity contribution is 9.10. The fourth-order valence-electron chi connectivity index (χ4n) is 3.90. The predicted molar refractivity (Wildman–Crippen MR) is 146 cm³/mol. The maximum absolute atomic E-state index is 13.8. The molecule has 0 heterocycles. The molecule has 196 valence electrons. The summed E-state index contributed by atoms with van der Waals surface area (Å²) in [5.74, 6) is -1.40. The number of sulfonamides is 1. The van der Waals surface area contributed by atoms with E-state index in [1.807, 2.05) is 37.3 Å². The minimum Gasteiger partial charge on any atom is -0.357 e. The van der Waals surface area contributed by atoms with Crippen LogP contribution in [0, 0.1) is 12.7 Å². The molecule has 0 saturated carbocycles. The van der Waals surface area contributed by atoms with Crippen LogP contribution in [0.25, 0.3) is 0 Å². The molecule has 0 bridgehead atoms. The van der Waals surface area contributed by atoms with Gasteiger partial charge in [0, 0.05) is 24.5 Å². The van der Waals surface area contributed by atoms with E-state index in [4.69, 9.17) is 0 Å². The Hall–Kier alpha value is -3.24. The van der Waals surface area contributed by atoms with Crippen molar-refractivity contribution in [1.29, 1.82) is 0 Å². The first kappa shape index (κ1) is 28.3. The van der Waals surface area contributed by atoms with E-state index in [9.17, 15) is 22.4 Å². The zero-order chi connectivity index (χ0) is 27.2. The first-order valence-corrected chi connectivity index (χ1v) is 14.2. The van der Waals surface area contributed by atoms with Crippen LogP contribution in [0.4, 0.5) is 10.1 Å². The number of nitrogens with one attached hydrogen (secondary N) is 1. The largest absolute Gasteiger partial charge is 0.357 e. The van der Waals surface area contributed by atoms with Gasteiger partial charge in [-0.25, -0.2) is 12.8 Å². The third-order valence-electron chi connectivity index (χ3n) is 5.89. The normalized spacial score (nSPS) is 12.0. The number of hydrogen-bond acceptors (Lipinski definition) is 4. The summed E-state index contributed by atoms with van der Waals surface area (Å²) < 4.78 is 40.9. The number of hydrogen-bond donors (Lipinski definition) is 1. The number of halogens is 2. The molecule has 0 radical (unpaired) electrons. The molecule has 0 aliphatic rings. The monoisotopic (exact) mass is 589 g/mol. The topological polar surface area (TPSA) is 86.8 Å². The summed E-state index contributed by atoms with van der Waals surface area (Å²) in [7, 11) is -2.36. The Morgan fingerprint density at radius 3 is 2.22 bits per heavy atom. The first-order chi connectivity index (χ1) is 17.5. The molecule has 3 aromatic rings. The van der Waals surface area contributed by atoms with Gasteiger partial charge in [0.15, 0.2) is 0 Å². The lowest BCUT2D eigenvalue weighted by Crippen LogP contribution is -2.52. The Kier molecular flexibility index (Phi) is 9.45. The Balaban J connectivity index is 2.03. The molecule has 3 aromatic carbocycles. The van der Waals surface area contributed by atoms with Crippen LogP contribution in [0.1, 0.15) is 16.7 Å². The average molecular weight is 591 g/mol. The van der Waals surface area contributed by atoms with Crippen molar-refractivity contribution in [3.63, 3.8) is 0 Å². The number of amides is 2. The van der Waals surface area contributed by atoms with Gasteiger partial charge in [-0.2, -0.15) is 0 Å². The zero-order valence-corrected chi connectivity index (χ0v) is 23.2. The lowest BCUT2D eigenvalue weighted by molar-refractivity contribution is -0.139. The second kappa shape index (κ2) is 12.3. The molecular formula is C27H29BrFN3O4S. The van der Waals surface area contributed by atoms with Crippen molar-refractivity contribution in [1.82, 2.24) is 10.2 Å². The molecule has 10 heteroatoms. The third-order valence-corrected chi connectivity index (χ3v) is 7.92. The molecule has 37 heavy (non-hydrogen) atoms. The van der Waals surface area contributed by atoms with Crippen LogP contribution in [-0.2, 0) is 32.6 Å². The first-order valence-electron chi connectivity index (χ1n) is 11.5. The lowest BCUT2D eigenvalue weighted by Gasteiger charge is -2.33. The second-order valence-electron chi connectivity index (χ2n) is 8.67. The maximum Gasteiger partial charge on any atom is 0.244 e. The molecule has 7 nitrogen and oxygen atoms in total. The van der Waals surface area contributed by atoms with E-state index < -0.39 is 40.2 Å². The van der Waals surface area contributed by atoms with Crippen LogP contribution < -0.4 is 9.62 Å². The van der Waals surface area contributed by atoms with Gasteiger partial charge in [0.1, 0.15) is 18.4 Å². The number of anilines is 1. The van der Waals surface area contributed by atoms with Crippen LogP contribution in [0.5, 0.6) is 0 Å². The van der Waals surface area contributed by atoms with E-state index in [-0.39, 0.29) is 13.0 Å².